The summed E-state index contributed by atoms with van der Waals surface area (Å²) < 4.78 is 1.75. The Balaban J connectivity index is 1.60. The van der Waals surface area contributed by atoms with Gasteiger partial charge in [-0.15, -0.1) is 0 Å². The second-order valence-electron chi connectivity index (χ2n) is 8.54. The molecule has 5 rings (SSSR count). The van der Waals surface area contributed by atoms with Crippen LogP contribution in [0.15, 0.2) is 30.6 Å². The maximum absolute atomic E-state index is 10.9. The number of benzene rings is 2. The van der Waals surface area contributed by atoms with Crippen LogP contribution in [0.3, 0.4) is 0 Å². The molecular weight excluding hydrogens is 412 g/mol. The number of aryl methyl sites for hydroxylation is 2. The van der Waals surface area contributed by atoms with E-state index in [1.54, 1.807) is 10.9 Å². The highest BCUT2D eigenvalue weighted by Gasteiger charge is 2.23. The predicted octanol–water partition coefficient (Wildman–Crippen LogP) is 4.04. The van der Waals surface area contributed by atoms with E-state index in [-0.39, 0.29) is 5.75 Å². The van der Waals surface area contributed by atoms with Gasteiger partial charge in [0.2, 0.25) is 5.95 Å². The molecule has 2 N–H and O–H groups in total. The van der Waals surface area contributed by atoms with Crippen LogP contribution in [0, 0.1) is 6.92 Å². The third kappa shape index (κ3) is 3.38. The van der Waals surface area contributed by atoms with Gasteiger partial charge in [0.15, 0.2) is 0 Å². The van der Waals surface area contributed by atoms with E-state index in [2.05, 4.69) is 34.1 Å². The Kier molecular flexibility index (Phi) is 4.75. The highest BCUT2D eigenvalue weighted by molar-refractivity contribution is 6.38. The molecule has 0 amide bonds. The lowest BCUT2D eigenvalue weighted by molar-refractivity contribution is 0.403. The molecular formula is C23H25ClN6O. The zero-order chi connectivity index (χ0) is 21.9. The molecule has 1 aliphatic heterocycles. The minimum absolute atomic E-state index is 0.189. The van der Waals surface area contributed by atoms with Crippen LogP contribution < -0.4 is 10.2 Å². The van der Waals surface area contributed by atoms with Gasteiger partial charge < -0.3 is 15.3 Å². The van der Waals surface area contributed by atoms with Gasteiger partial charge in [0.1, 0.15) is 5.75 Å². The van der Waals surface area contributed by atoms with E-state index >= 15 is 0 Å². The molecule has 0 spiro atoms. The van der Waals surface area contributed by atoms with Crippen LogP contribution in [0.1, 0.15) is 19.4 Å². The van der Waals surface area contributed by atoms with Crippen molar-refractivity contribution in [1.82, 2.24) is 25.1 Å². The zero-order valence-corrected chi connectivity index (χ0v) is 18.8. The summed E-state index contributed by atoms with van der Waals surface area (Å²) in [5.41, 5.74) is 3.74. The number of nitrogens with zero attached hydrogens (tertiary/aromatic N) is 5. The van der Waals surface area contributed by atoms with Gasteiger partial charge in [-0.1, -0.05) is 17.7 Å². The Bertz CT molecular complexity index is 1310. The van der Waals surface area contributed by atoms with Crippen molar-refractivity contribution in [2.45, 2.75) is 32.9 Å². The van der Waals surface area contributed by atoms with Crippen molar-refractivity contribution in [2.75, 3.05) is 18.0 Å². The van der Waals surface area contributed by atoms with E-state index in [0.717, 1.165) is 46.0 Å². The van der Waals surface area contributed by atoms with Crippen LogP contribution in [0.5, 0.6) is 5.75 Å². The van der Waals surface area contributed by atoms with Crippen molar-refractivity contribution < 1.29 is 5.11 Å². The molecule has 160 valence electrons. The topological polar surface area (TPSA) is 79.1 Å². The molecule has 8 heteroatoms. The quantitative estimate of drug-likeness (QED) is 0.493. The summed E-state index contributed by atoms with van der Waals surface area (Å²) in [5, 5.41) is 21.1. The summed E-state index contributed by atoms with van der Waals surface area (Å²) in [7, 11) is 1.87. The normalized spacial score (nSPS) is 19.5. The molecule has 3 heterocycles. The monoisotopic (exact) mass is 436 g/mol. The molecule has 0 aliphatic carbocycles. The molecule has 1 fully saturated rings. The van der Waals surface area contributed by atoms with Gasteiger partial charge in [-0.05, 0) is 32.9 Å². The van der Waals surface area contributed by atoms with Gasteiger partial charge in [-0.3, -0.25) is 4.68 Å². The summed E-state index contributed by atoms with van der Waals surface area (Å²) in [6.45, 7) is 7.93. The van der Waals surface area contributed by atoms with Gasteiger partial charge >= 0.3 is 0 Å². The number of hydrogen-bond donors (Lipinski definition) is 2. The molecule has 0 saturated carbocycles. The number of hydrogen-bond acceptors (Lipinski definition) is 6. The van der Waals surface area contributed by atoms with E-state index in [1.165, 1.54) is 0 Å². The van der Waals surface area contributed by atoms with Crippen molar-refractivity contribution in [3.05, 3.63) is 41.2 Å². The van der Waals surface area contributed by atoms with Crippen LogP contribution >= 0.6 is 11.6 Å². The molecule has 2 atom stereocenters. The number of phenols is 1. The first kappa shape index (κ1) is 20.0. The molecule has 0 bridgehead atoms. The summed E-state index contributed by atoms with van der Waals surface area (Å²) in [6.07, 6.45) is 3.72. The summed E-state index contributed by atoms with van der Waals surface area (Å²) in [4.78, 5) is 11.6. The van der Waals surface area contributed by atoms with Crippen molar-refractivity contribution in [3.8, 4) is 16.9 Å². The highest BCUT2D eigenvalue weighted by atomic mass is 35.5. The van der Waals surface area contributed by atoms with E-state index in [0.29, 0.717) is 28.6 Å². The molecule has 7 nitrogen and oxygen atoms in total. The van der Waals surface area contributed by atoms with Gasteiger partial charge in [-0.25, -0.2) is 9.97 Å². The van der Waals surface area contributed by atoms with E-state index < -0.39 is 0 Å². The number of anilines is 1. The number of aromatic hydroxyl groups is 1. The van der Waals surface area contributed by atoms with Gasteiger partial charge in [-0.2, -0.15) is 5.10 Å². The van der Waals surface area contributed by atoms with Gasteiger partial charge in [0, 0.05) is 72.1 Å². The third-order valence-electron chi connectivity index (χ3n) is 5.94. The van der Waals surface area contributed by atoms with Crippen LogP contribution in [0.2, 0.25) is 5.02 Å². The Labute approximate surface area is 185 Å². The number of fused-ring (bicyclic) bond motifs is 2. The Morgan fingerprint density at radius 2 is 1.90 bits per heavy atom. The van der Waals surface area contributed by atoms with E-state index in [4.69, 9.17) is 16.6 Å². The maximum Gasteiger partial charge on any atom is 0.225 e. The van der Waals surface area contributed by atoms with E-state index in [9.17, 15) is 5.11 Å². The molecule has 31 heavy (non-hydrogen) atoms. The molecule has 2 aromatic carbocycles. The summed E-state index contributed by atoms with van der Waals surface area (Å²) in [6, 6.07) is 6.54. The number of aromatic nitrogens is 4. The Hall–Kier alpha value is -2.90. The van der Waals surface area contributed by atoms with Crippen molar-refractivity contribution in [3.63, 3.8) is 0 Å². The third-order valence-corrected chi connectivity index (χ3v) is 6.35. The number of halogens is 1. The molecule has 2 aromatic heterocycles. The van der Waals surface area contributed by atoms with Crippen LogP contribution in [0.4, 0.5) is 5.95 Å². The number of rotatable bonds is 2. The zero-order valence-electron chi connectivity index (χ0n) is 18.0. The average Bonchev–Trinajstić information content (AvgIpc) is 3.11. The minimum atomic E-state index is 0.189. The first-order valence-electron chi connectivity index (χ1n) is 10.4. The lowest BCUT2D eigenvalue weighted by Gasteiger charge is -2.36. The maximum atomic E-state index is 10.9. The fourth-order valence-corrected chi connectivity index (χ4v) is 4.87. The fourth-order valence-electron chi connectivity index (χ4n) is 4.56. The first-order chi connectivity index (χ1) is 14.8. The van der Waals surface area contributed by atoms with Crippen molar-refractivity contribution in [1.29, 1.82) is 0 Å². The Morgan fingerprint density at radius 3 is 2.65 bits per heavy atom. The lowest BCUT2D eigenvalue weighted by atomic mass is 9.98. The number of nitrogens with one attached hydrogen (secondary N) is 1. The highest BCUT2D eigenvalue weighted by Crippen LogP contribution is 2.41. The average molecular weight is 437 g/mol. The standard InChI is InChI=1S/C23H25ClN6O/c1-12-9-30(10-13(2)26-12)23-25-8-18-19(27-23)6-5-16(20(18)24)17-7-15-11-29(4)28-21(15)14(3)22(17)31/h5-8,11-13,26,31H,9-10H2,1-4H3/t12-,13+. The fraction of sp³-hybridized carbons (Fsp3) is 0.348. The summed E-state index contributed by atoms with van der Waals surface area (Å²) in [5.74, 6) is 0.903. The predicted molar refractivity (Wildman–Crippen MR) is 125 cm³/mol. The largest absolute Gasteiger partial charge is 0.507 e. The van der Waals surface area contributed by atoms with E-state index in [1.807, 2.05) is 38.4 Å². The molecule has 4 aromatic rings. The van der Waals surface area contributed by atoms with Gasteiger partial charge in [0.05, 0.1) is 16.1 Å². The first-order valence-corrected chi connectivity index (χ1v) is 10.8. The van der Waals surface area contributed by atoms with Gasteiger partial charge in [0.25, 0.3) is 0 Å². The second-order valence-corrected chi connectivity index (χ2v) is 8.92. The molecule has 1 saturated heterocycles. The number of phenolic OH excluding ortho intramolecular Hbond substituents is 1. The SMILES string of the molecule is Cc1c(O)c(-c2ccc3nc(N4C[C@@H](C)N[C@@H](C)C4)ncc3c2Cl)cc2cn(C)nc12. The molecule has 0 unspecified atom stereocenters. The van der Waals surface area contributed by atoms with Crippen LogP contribution in [-0.4, -0.2) is 50.0 Å². The Morgan fingerprint density at radius 1 is 1.16 bits per heavy atom. The van der Waals surface area contributed by atoms with Crippen molar-refractivity contribution in [2.24, 2.45) is 7.05 Å². The molecule has 1 aliphatic rings. The molecule has 0 radical (unpaired) electrons. The number of piperazine rings is 1. The van der Waals surface area contributed by atoms with Crippen molar-refractivity contribution >= 4 is 39.4 Å². The summed E-state index contributed by atoms with van der Waals surface area (Å²) >= 11 is 6.81. The smallest absolute Gasteiger partial charge is 0.225 e. The minimum Gasteiger partial charge on any atom is -0.507 e. The second kappa shape index (κ2) is 7.35. The lowest BCUT2D eigenvalue weighted by Crippen LogP contribution is -2.54. The van der Waals surface area contributed by atoms with Crippen LogP contribution in [0.25, 0.3) is 32.9 Å². The van der Waals surface area contributed by atoms with Crippen LogP contribution in [-0.2, 0) is 7.05 Å².